The fraction of sp³-hybridized carbons (Fsp3) is 0.375. The highest BCUT2D eigenvalue weighted by Gasteiger charge is 2.12. The predicted octanol–water partition coefficient (Wildman–Crippen LogP) is 4.22. The number of nitrogens with zero attached hydrogens (tertiary/aromatic N) is 1. The molecular formula is C16H20N2O2S. The lowest BCUT2D eigenvalue weighted by atomic mass is 10.0. The van der Waals surface area contributed by atoms with Crippen molar-refractivity contribution in [2.24, 2.45) is 0 Å². The second-order valence-corrected chi connectivity index (χ2v) is 5.09. The van der Waals surface area contributed by atoms with E-state index in [1.807, 2.05) is 45.9 Å². The minimum atomic E-state index is 0.589. The van der Waals surface area contributed by atoms with Crippen molar-refractivity contribution < 1.29 is 9.47 Å². The number of aromatic amines is 1. The topological polar surface area (TPSA) is 47.1 Å². The lowest BCUT2D eigenvalue weighted by Gasteiger charge is -2.13. The van der Waals surface area contributed by atoms with E-state index in [0.717, 1.165) is 33.9 Å². The van der Waals surface area contributed by atoms with Crippen molar-refractivity contribution in [2.45, 2.75) is 27.7 Å². The number of hydrogen-bond donors (Lipinski definition) is 1. The summed E-state index contributed by atoms with van der Waals surface area (Å²) in [5.41, 5.74) is 3.98. The maximum absolute atomic E-state index is 5.66. The van der Waals surface area contributed by atoms with Crippen LogP contribution in [0.3, 0.4) is 0 Å². The van der Waals surface area contributed by atoms with E-state index in [1.165, 1.54) is 0 Å². The van der Waals surface area contributed by atoms with Gasteiger partial charge in [0.05, 0.1) is 18.9 Å². The third-order valence-corrected chi connectivity index (χ3v) is 3.74. The number of H-pyrrole nitrogens is 1. The summed E-state index contributed by atoms with van der Waals surface area (Å²) >= 11 is 5.21. The van der Waals surface area contributed by atoms with E-state index in [4.69, 9.17) is 21.7 Å². The van der Waals surface area contributed by atoms with Gasteiger partial charge >= 0.3 is 0 Å². The van der Waals surface area contributed by atoms with Crippen LogP contribution in [0.25, 0.3) is 11.3 Å². The second-order valence-electron chi connectivity index (χ2n) is 4.68. The minimum Gasteiger partial charge on any atom is -0.490 e. The smallest absolute Gasteiger partial charge is 0.161 e. The van der Waals surface area contributed by atoms with Crippen LogP contribution in [0, 0.1) is 18.5 Å². The van der Waals surface area contributed by atoms with Crippen molar-refractivity contribution in [1.29, 1.82) is 0 Å². The van der Waals surface area contributed by atoms with Gasteiger partial charge in [-0.15, -0.1) is 0 Å². The molecular weight excluding hydrogens is 284 g/mol. The highest BCUT2D eigenvalue weighted by molar-refractivity contribution is 7.71. The van der Waals surface area contributed by atoms with Crippen LogP contribution in [0.2, 0.25) is 0 Å². The zero-order chi connectivity index (χ0) is 15.4. The van der Waals surface area contributed by atoms with E-state index in [0.29, 0.717) is 17.9 Å². The van der Waals surface area contributed by atoms with E-state index >= 15 is 0 Å². The monoisotopic (exact) mass is 304 g/mol. The van der Waals surface area contributed by atoms with Crippen molar-refractivity contribution in [3.05, 3.63) is 34.0 Å². The molecule has 1 aromatic carbocycles. The van der Waals surface area contributed by atoms with Crippen LogP contribution in [-0.4, -0.2) is 23.4 Å². The van der Waals surface area contributed by atoms with E-state index in [9.17, 15) is 0 Å². The average Bonchev–Trinajstić information content (AvgIpc) is 2.47. The van der Waals surface area contributed by atoms with E-state index in [-0.39, 0.29) is 0 Å². The summed E-state index contributed by atoms with van der Waals surface area (Å²) in [4.78, 5) is 0. The fourth-order valence-electron chi connectivity index (χ4n) is 2.10. The van der Waals surface area contributed by atoms with Gasteiger partial charge in [-0.1, -0.05) is 12.2 Å². The molecule has 0 radical (unpaired) electrons. The van der Waals surface area contributed by atoms with Gasteiger partial charge in [0.25, 0.3) is 0 Å². The van der Waals surface area contributed by atoms with Crippen LogP contribution in [0.4, 0.5) is 0 Å². The van der Waals surface area contributed by atoms with Crippen LogP contribution >= 0.6 is 12.2 Å². The number of ether oxygens (including phenoxy) is 2. The summed E-state index contributed by atoms with van der Waals surface area (Å²) in [6, 6.07) is 5.86. The lowest BCUT2D eigenvalue weighted by molar-refractivity contribution is 0.288. The van der Waals surface area contributed by atoms with Crippen LogP contribution < -0.4 is 9.47 Å². The third-order valence-electron chi connectivity index (χ3n) is 3.34. The molecule has 0 aliphatic heterocycles. The summed E-state index contributed by atoms with van der Waals surface area (Å²) in [6.07, 6.45) is 0. The standard InChI is InChI=1S/C16H20N2O2S/c1-5-19-13-8-7-12(9-14(13)20-6-2)15-10(3)11(4)16(21)18-17-15/h7-9H,5-6H2,1-4H3,(H,18,21). The van der Waals surface area contributed by atoms with Crippen molar-refractivity contribution in [2.75, 3.05) is 13.2 Å². The van der Waals surface area contributed by atoms with Crippen LogP contribution in [0.5, 0.6) is 11.5 Å². The Morgan fingerprint density at radius 1 is 1.05 bits per heavy atom. The maximum Gasteiger partial charge on any atom is 0.161 e. The van der Waals surface area contributed by atoms with Gasteiger partial charge in [-0.25, -0.2) is 0 Å². The molecule has 4 nitrogen and oxygen atoms in total. The van der Waals surface area contributed by atoms with Crippen molar-refractivity contribution in [3.63, 3.8) is 0 Å². The normalized spacial score (nSPS) is 10.5. The van der Waals surface area contributed by atoms with Gasteiger partial charge in [-0.05, 0) is 57.0 Å². The number of hydrogen-bond acceptors (Lipinski definition) is 4. The van der Waals surface area contributed by atoms with Gasteiger partial charge in [0, 0.05) is 5.56 Å². The summed E-state index contributed by atoms with van der Waals surface area (Å²) in [6.45, 7) is 9.13. The first-order valence-electron chi connectivity index (χ1n) is 7.04. The molecule has 0 unspecified atom stereocenters. The molecule has 0 saturated heterocycles. The van der Waals surface area contributed by atoms with Gasteiger partial charge < -0.3 is 9.47 Å². The molecule has 2 rings (SSSR count). The summed E-state index contributed by atoms with van der Waals surface area (Å²) in [5, 5.41) is 7.25. The Bertz CT molecular complexity index is 695. The van der Waals surface area contributed by atoms with E-state index in [1.54, 1.807) is 0 Å². The number of aromatic nitrogens is 2. The molecule has 0 saturated carbocycles. The molecule has 0 aliphatic rings. The van der Waals surface area contributed by atoms with Crippen LogP contribution in [0.15, 0.2) is 18.2 Å². The number of nitrogens with one attached hydrogen (secondary N) is 1. The second kappa shape index (κ2) is 6.72. The number of rotatable bonds is 5. The molecule has 0 amide bonds. The molecule has 5 heteroatoms. The summed E-state index contributed by atoms with van der Waals surface area (Å²) < 4.78 is 11.9. The third kappa shape index (κ3) is 3.24. The average molecular weight is 304 g/mol. The van der Waals surface area contributed by atoms with Gasteiger partial charge in [0.2, 0.25) is 0 Å². The fourth-order valence-corrected chi connectivity index (χ4v) is 2.30. The first-order chi connectivity index (χ1) is 10.1. The van der Waals surface area contributed by atoms with Gasteiger partial charge in [-0.3, -0.25) is 5.10 Å². The zero-order valence-corrected chi connectivity index (χ0v) is 13.6. The van der Waals surface area contributed by atoms with Crippen LogP contribution in [-0.2, 0) is 0 Å². The Hall–Kier alpha value is -1.88. The van der Waals surface area contributed by atoms with Gasteiger partial charge in [0.1, 0.15) is 4.64 Å². The number of benzene rings is 1. The maximum atomic E-state index is 5.66. The SMILES string of the molecule is CCOc1ccc(-c2n[nH]c(=S)c(C)c2C)cc1OCC. The molecule has 0 fully saturated rings. The first kappa shape index (κ1) is 15.5. The first-order valence-corrected chi connectivity index (χ1v) is 7.45. The van der Waals surface area contributed by atoms with Crippen molar-refractivity contribution in [3.8, 4) is 22.8 Å². The zero-order valence-electron chi connectivity index (χ0n) is 12.8. The molecule has 1 N–H and O–H groups in total. The molecule has 21 heavy (non-hydrogen) atoms. The Kier molecular flexibility index (Phi) is 4.96. The molecule has 0 bridgehead atoms. The van der Waals surface area contributed by atoms with Gasteiger partial charge in [0.15, 0.2) is 11.5 Å². The Balaban J connectivity index is 2.52. The molecule has 1 aromatic heterocycles. The molecule has 112 valence electrons. The molecule has 0 atom stereocenters. The van der Waals surface area contributed by atoms with E-state index < -0.39 is 0 Å². The van der Waals surface area contributed by atoms with Crippen LogP contribution in [0.1, 0.15) is 25.0 Å². The molecule has 2 aromatic rings. The summed E-state index contributed by atoms with van der Waals surface area (Å²) in [7, 11) is 0. The van der Waals surface area contributed by atoms with Crippen molar-refractivity contribution >= 4 is 12.2 Å². The molecule has 1 heterocycles. The predicted molar refractivity (Wildman–Crippen MR) is 86.7 cm³/mol. The largest absolute Gasteiger partial charge is 0.490 e. The van der Waals surface area contributed by atoms with Crippen molar-refractivity contribution in [1.82, 2.24) is 10.2 Å². The highest BCUT2D eigenvalue weighted by atomic mass is 32.1. The van der Waals surface area contributed by atoms with Gasteiger partial charge in [-0.2, -0.15) is 5.10 Å². The van der Waals surface area contributed by atoms with E-state index in [2.05, 4.69) is 10.2 Å². The lowest BCUT2D eigenvalue weighted by Crippen LogP contribution is -2.00. The highest BCUT2D eigenvalue weighted by Crippen LogP contribution is 2.33. The molecule has 0 spiro atoms. The summed E-state index contributed by atoms with van der Waals surface area (Å²) in [5.74, 6) is 1.49. The Morgan fingerprint density at radius 2 is 1.71 bits per heavy atom. The quantitative estimate of drug-likeness (QED) is 0.840. The Morgan fingerprint density at radius 3 is 2.38 bits per heavy atom. The molecule has 0 aliphatic carbocycles. The minimum absolute atomic E-state index is 0.589. The Labute approximate surface area is 130 Å².